The highest BCUT2D eigenvalue weighted by Gasteiger charge is 2.26. The van der Waals surface area contributed by atoms with E-state index in [9.17, 15) is 4.79 Å². The summed E-state index contributed by atoms with van der Waals surface area (Å²) in [6.07, 6.45) is -0.370. The Bertz CT molecular complexity index is 586. The SMILES string of the molecule is COc1ccc(OCCN2CCN(C)C[C@H]2CNC(=O)OC(C)(C)C)cc1. The second-order valence-corrected chi connectivity index (χ2v) is 7.86. The van der Waals surface area contributed by atoms with Crippen LogP contribution in [-0.2, 0) is 4.74 Å². The third kappa shape index (κ3) is 7.64. The second-order valence-electron chi connectivity index (χ2n) is 7.86. The van der Waals surface area contributed by atoms with Crippen LogP contribution in [-0.4, -0.2) is 81.0 Å². The summed E-state index contributed by atoms with van der Waals surface area (Å²) in [6, 6.07) is 7.82. The van der Waals surface area contributed by atoms with Crippen LogP contribution in [0.25, 0.3) is 0 Å². The molecule has 0 bridgehead atoms. The molecule has 1 aromatic carbocycles. The topological polar surface area (TPSA) is 63.3 Å². The van der Waals surface area contributed by atoms with E-state index in [2.05, 4.69) is 22.2 Å². The van der Waals surface area contributed by atoms with Gasteiger partial charge in [0.05, 0.1) is 7.11 Å². The van der Waals surface area contributed by atoms with Crippen molar-refractivity contribution in [3.8, 4) is 11.5 Å². The molecule has 1 N–H and O–H groups in total. The van der Waals surface area contributed by atoms with Gasteiger partial charge in [0.25, 0.3) is 0 Å². The first-order chi connectivity index (χ1) is 12.8. The van der Waals surface area contributed by atoms with E-state index in [1.54, 1.807) is 7.11 Å². The Balaban J connectivity index is 1.80. The molecule has 1 aliphatic rings. The monoisotopic (exact) mass is 379 g/mol. The predicted molar refractivity (Wildman–Crippen MR) is 106 cm³/mol. The van der Waals surface area contributed by atoms with Gasteiger partial charge in [0.2, 0.25) is 0 Å². The number of rotatable bonds is 7. The Morgan fingerprint density at radius 1 is 1.19 bits per heavy atom. The van der Waals surface area contributed by atoms with Gasteiger partial charge in [-0.15, -0.1) is 0 Å². The maximum atomic E-state index is 11.9. The lowest BCUT2D eigenvalue weighted by Gasteiger charge is -2.40. The summed E-state index contributed by atoms with van der Waals surface area (Å²) in [7, 11) is 3.75. The Kier molecular flexibility index (Phi) is 7.74. The molecule has 1 atom stereocenters. The summed E-state index contributed by atoms with van der Waals surface area (Å²) in [5.74, 6) is 1.64. The van der Waals surface area contributed by atoms with Crippen LogP contribution in [0.1, 0.15) is 20.8 Å². The third-order valence-electron chi connectivity index (χ3n) is 4.40. The number of methoxy groups -OCH3 is 1. The van der Waals surface area contributed by atoms with Crippen molar-refractivity contribution in [3.05, 3.63) is 24.3 Å². The van der Waals surface area contributed by atoms with Gasteiger partial charge in [-0.05, 0) is 52.1 Å². The number of likely N-dealkylation sites (N-methyl/N-ethyl adjacent to an activating group) is 1. The van der Waals surface area contributed by atoms with Gasteiger partial charge < -0.3 is 24.4 Å². The minimum Gasteiger partial charge on any atom is -0.497 e. The summed E-state index contributed by atoms with van der Waals surface area (Å²) in [4.78, 5) is 16.6. The number of nitrogens with zero attached hydrogens (tertiary/aromatic N) is 2. The molecule has 7 nitrogen and oxygen atoms in total. The molecule has 1 fully saturated rings. The minimum absolute atomic E-state index is 0.232. The Hall–Kier alpha value is -1.99. The van der Waals surface area contributed by atoms with E-state index in [1.165, 1.54) is 0 Å². The number of ether oxygens (including phenoxy) is 3. The fourth-order valence-corrected chi connectivity index (χ4v) is 3.00. The molecular weight excluding hydrogens is 346 g/mol. The lowest BCUT2D eigenvalue weighted by molar-refractivity contribution is 0.0446. The zero-order valence-electron chi connectivity index (χ0n) is 17.2. The number of amides is 1. The van der Waals surface area contributed by atoms with Crippen molar-refractivity contribution in [2.24, 2.45) is 0 Å². The smallest absolute Gasteiger partial charge is 0.407 e. The Morgan fingerprint density at radius 3 is 2.48 bits per heavy atom. The van der Waals surface area contributed by atoms with Crippen molar-refractivity contribution in [1.29, 1.82) is 0 Å². The molecule has 0 saturated carbocycles. The molecule has 0 aromatic heterocycles. The molecule has 1 heterocycles. The van der Waals surface area contributed by atoms with Crippen molar-refractivity contribution >= 4 is 6.09 Å². The van der Waals surface area contributed by atoms with Crippen LogP contribution in [0.2, 0.25) is 0 Å². The number of hydrogen-bond donors (Lipinski definition) is 1. The molecule has 0 radical (unpaired) electrons. The van der Waals surface area contributed by atoms with Gasteiger partial charge in [-0.25, -0.2) is 4.79 Å². The normalized spacial score (nSPS) is 18.8. The average molecular weight is 380 g/mol. The number of carbonyl (C=O) groups excluding carboxylic acids is 1. The van der Waals surface area contributed by atoms with E-state index in [4.69, 9.17) is 14.2 Å². The van der Waals surface area contributed by atoms with E-state index in [0.717, 1.165) is 37.7 Å². The Morgan fingerprint density at radius 2 is 1.85 bits per heavy atom. The van der Waals surface area contributed by atoms with Crippen molar-refractivity contribution in [1.82, 2.24) is 15.1 Å². The summed E-state index contributed by atoms with van der Waals surface area (Å²) >= 11 is 0. The number of piperazine rings is 1. The van der Waals surface area contributed by atoms with Crippen LogP contribution in [0, 0.1) is 0 Å². The second kappa shape index (κ2) is 9.80. The van der Waals surface area contributed by atoms with Gasteiger partial charge in [0.1, 0.15) is 23.7 Å². The molecule has 2 rings (SSSR count). The fourth-order valence-electron chi connectivity index (χ4n) is 3.00. The van der Waals surface area contributed by atoms with E-state index in [1.807, 2.05) is 45.0 Å². The molecule has 0 unspecified atom stereocenters. The van der Waals surface area contributed by atoms with Gasteiger partial charge in [0.15, 0.2) is 0 Å². The quantitative estimate of drug-likeness (QED) is 0.784. The van der Waals surface area contributed by atoms with Gasteiger partial charge in [0, 0.05) is 38.8 Å². The molecule has 152 valence electrons. The lowest BCUT2D eigenvalue weighted by Crippen LogP contribution is -2.57. The first-order valence-corrected chi connectivity index (χ1v) is 9.43. The van der Waals surface area contributed by atoms with Crippen LogP contribution in [0.15, 0.2) is 24.3 Å². The number of benzene rings is 1. The average Bonchev–Trinajstić information content (AvgIpc) is 2.60. The number of carbonyl (C=O) groups is 1. The van der Waals surface area contributed by atoms with Gasteiger partial charge in [-0.2, -0.15) is 0 Å². The molecule has 0 aliphatic carbocycles. The van der Waals surface area contributed by atoms with Crippen molar-refractivity contribution in [2.75, 3.05) is 53.5 Å². The van der Waals surface area contributed by atoms with E-state index < -0.39 is 5.60 Å². The number of nitrogens with one attached hydrogen (secondary N) is 1. The highest BCUT2D eigenvalue weighted by atomic mass is 16.6. The molecular formula is C20H33N3O4. The van der Waals surface area contributed by atoms with Crippen molar-refractivity contribution < 1.29 is 19.0 Å². The molecule has 1 saturated heterocycles. The van der Waals surface area contributed by atoms with E-state index >= 15 is 0 Å². The zero-order chi connectivity index (χ0) is 19.9. The molecule has 7 heteroatoms. The standard InChI is InChI=1S/C20H33N3O4/c1-20(2,3)27-19(24)21-14-16-15-22(4)10-11-23(16)12-13-26-18-8-6-17(25-5)7-9-18/h6-9,16H,10-15H2,1-5H3,(H,21,24)/t16-/m1/s1. The minimum atomic E-state index is -0.487. The molecule has 1 amide bonds. The van der Waals surface area contributed by atoms with Gasteiger partial charge in [-0.3, -0.25) is 4.90 Å². The molecule has 27 heavy (non-hydrogen) atoms. The predicted octanol–water partition coefficient (Wildman–Crippen LogP) is 2.21. The summed E-state index contributed by atoms with van der Waals surface area (Å²) in [6.45, 7) is 10.4. The van der Waals surface area contributed by atoms with Gasteiger partial charge >= 0.3 is 6.09 Å². The van der Waals surface area contributed by atoms with Crippen LogP contribution < -0.4 is 14.8 Å². The van der Waals surface area contributed by atoms with Gasteiger partial charge in [-0.1, -0.05) is 0 Å². The van der Waals surface area contributed by atoms with Crippen LogP contribution >= 0.6 is 0 Å². The van der Waals surface area contributed by atoms with E-state index in [-0.39, 0.29) is 12.1 Å². The fraction of sp³-hybridized carbons (Fsp3) is 0.650. The number of hydrogen-bond acceptors (Lipinski definition) is 6. The largest absolute Gasteiger partial charge is 0.497 e. The van der Waals surface area contributed by atoms with Crippen LogP contribution in [0.4, 0.5) is 4.79 Å². The maximum absolute atomic E-state index is 11.9. The Labute approximate surface area is 162 Å². The van der Waals surface area contributed by atoms with Crippen molar-refractivity contribution in [2.45, 2.75) is 32.4 Å². The molecule has 1 aromatic rings. The number of alkyl carbamates (subject to hydrolysis) is 1. The summed E-state index contributed by atoms with van der Waals surface area (Å²) in [5.41, 5.74) is -0.487. The third-order valence-corrected chi connectivity index (χ3v) is 4.40. The summed E-state index contributed by atoms with van der Waals surface area (Å²) < 4.78 is 16.3. The zero-order valence-corrected chi connectivity index (χ0v) is 17.2. The maximum Gasteiger partial charge on any atom is 0.407 e. The highest BCUT2D eigenvalue weighted by molar-refractivity contribution is 5.67. The van der Waals surface area contributed by atoms with Crippen LogP contribution in [0.3, 0.4) is 0 Å². The molecule has 1 aliphatic heterocycles. The first-order valence-electron chi connectivity index (χ1n) is 9.43. The summed E-state index contributed by atoms with van der Waals surface area (Å²) in [5, 5.41) is 2.90. The highest BCUT2D eigenvalue weighted by Crippen LogP contribution is 2.17. The first kappa shape index (κ1) is 21.3. The molecule has 0 spiro atoms. The van der Waals surface area contributed by atoms with E-state index in [0.29, 0.717) is 13.2 Å². The van der Waals surface area contributed by atoms with Crippen LogP contribution in [0.5, 0.6) is 11.5 Å². The lowest BCUT2D eigenvalue weighted by atomic mass is 10.1. The van der Waals surface area contributed by atoms with Crippen molar-refractivity contribution in [3.63, 3.8) is 0 Å².